The van der Waals surface area contributed by atoms with Crippen LogP contribution in [0.3, 0.4) is 0 Å². The highest BCUT2D eigenvalue weighted by Gasteiger charge is 2.42. The van der Waals surface area contributed by atoms with Crippen LogP contribution in [0.2, 0.25) is 0 Å². The number of nitrogens with one attached hydrogen (secondary N) is 2. The Morgan fingerprint density at radius 2 is 2.06 bits per heavy atom. The van der Waals surface area contributed by atoms with Crippen LogP contribution in [0.5, 0.6) is 0 Å². The van der Waals surface area contributed by atoms with Gasteiger partial charge in [0.25, 0.3) is 0 Å². The molecule has 2 aliphatic heterocycles. The summed E-state index contributed by atoms with van der Waals surface area (Å²) in [4.78, 5) is 12.1. The Balaban J connectivity index is 1.93. The van der Waals surface area contributed by atoms with Crippen LogP contribution in [0.25, 0.3) is 0 Å². The molecule has 0 bridgehead atoms. The van der Waals surface area contributed by atoms with Crippen molar-refractivity contribution in [3.63, 3.8) is 0 Å². The Hall–Kier alpha value is -0.610. The van der Waals surface area contributed by atoms with E-state index in [4.69, 9.17) is 4.74 Å². The van der Waals surface area contributed by atoms with Gasteiger partial charge in [0, 0.05) is 12.6 Å². The molecule has 0 radical (unpaired) electrons. The highest BCUT2D eigenvalue weighted by Crippen LogP contribution is 2.32. The van der Waals surface area contributed by atoms with Gasteiger partial charge in [-0.25, -0.2) is 0 Å². The predicted octanol–water partition coefficient (Wildman–Crippen LogP) is 0.524. The average Bonchev–Trinajstić information content (AvgIpc) is 2.77. The van der Waals surface area contributed by atoms with E-state index in [2.05, 4.69) is 17.6 Å². The Morgan fingerprint density at radius 1 is 1.31 bits per heavy atom. The zero-order valence-electron chi connectivity index (χ0n) is 10.3. The van der Waals surface area contributed by atoms with Crippen molar-refractivity contribution in [3.05, 3.63) is 0 Å². The highest BCUT2D eigenvalue weighted by molar-refractivity contribution is 5.80. The summed E-state index contributed by atoms with van der Waals surface area (Å²) >= 11 is 0. The van der Waals surface area contributed by atoms with Gasteiger partial charge in [-0.15, -0.1) is 0 Å². The molecule has 92 valence electrons. The summed E-state index contributed by atoms with van der Waals surface area (Å²) in [7, 11) is 0. The molecule has 4 unspecified atom stereocenters. The minimum Gasteiger partial charge on any atom is -0.374 e. The fraction of sp³-hybridized carbons (Fsp3) is 0.917. The SMILES string of the molecule is CC1OC(C)C(C(=O)N[C@H]2CCNC2)C1C. The van der Waals surface area contributed by atoms with Crippen molar-refractivity contribution in [1.29, 1.82) is 0 Å². The number of carbonyl (C=O) groups is 1. The quantitative estimate of drug-likeness (QED) is 0.722. The summed E-state index contributed by atoms with van der Waals surface area (Å²) in [5, 5.41) is 6.37. The van der Waals surface area contributed by atoms with Crippen LogP contribution in [0, 0.1) is 11.8 Å². The third kappa shape index (κ3) is 2.23. The lowest BCUT2D eigenvalue weighted by atomic mass is 9.88. The summed E-state index contributed by atoms with van der Waals surface area (Å²) in [6.07, 6.45) is 1.27. The summed E-state index contributed by atoms with van der Waals surface area (Å²) in [5.41, 5.74) is 0. The van der Waals surface area contributed by atoms with Crippen LogP contribution in [0.1, 0.15) is 27.2 Å². The Bertz CT molecular complexity index is 264. The first-order chi connectivity index (χ1) is 7.59. The smallest absolute Gasteiger partial charge is 0.226 e. The minimum absolute atomic E-state index is 0.00981. The molecule has 16 heavy (non-hydrogen) atoms. The molecule has 2 rings (SSSR count). The predicted molar refractivity (Wildman–Crippen MR) is 62.1 cm³/mol. The maximum atomic E-state index is 12.1. The van der Waals surface area contributed by atoms with Crippen molar-refractivity contribution in [2.45, 2.75) is 45.4 Å². The van der Waals surface area contributed by atoms with Crippen molar-refractivity contribution < 1.29 is 9.53 Å². The van der Waals surface area contributed by atoms with Gasteiger partial charge in [0.1, 0.15) is 0 Å². The van der Waals surface area contributed by atoms with Gasteiger partial charge in [0.05, 0.1) is 18.1 Å². The molecule has 0 spiro atoms. The van der Waals surface area contributed by atoms with Gasteiger partial charge in [-0.2, -0.15) is 0 Å². The van der Waals surface area contributed by atoms with Gasteiger partial charge >= 0.3 is 0 Å². The number of hydrogen-bond donors (Lipinski definition) is 2. The fourth-order valence-electron chi connectivity index (χ4n) is 2.79. The molecule has 5 atom stereocenters. The Kier molecular flexibility index (Phi) is 3.50. The van der Waals surface area contributed by atoms with Gasteiger partial charge in [0.2, 0.25) is 5.91 Å². The van der Waals surface area contributed by atoms with E-state index in [0.717, 1.165) is 19.5 Å². The molecule has 2 aliphatic rings. The first kappa shape index (κ1) is 11.9. The number of carbonyl (C=O) groups excluding carboxylic acids is 1. The maximum absolute atomic E-state index is 12.1. The van der Waals surface area contributed by atoms with E-state index in [1.807, 2.05) is 13.8 Å². The zero-order valence-corrected chi connectivity index (χ0v) is 10.3. The highest BCUT2D eigenvalue weighted by atomic mass is 16.5. The minimum atomic E-state index is 0.00981. The van der Waals surface area contributed by atoms with Gasteiger partial charge in [-0.1, -0.05) is 6.92 Å². The number of hydrogen-bond acceptors (Lipinski definition) is 3. The molecule has 2 N–H and O–H groups in total. The summed E-state index contributed by atoms with van der Waals surface area (Å²) in [5.74, 6) is 0.484. The topological polar surface area (TPSA) is 50.4 Å². The molecule has 0 aromatic heterocycles. The molecule has 2 heterocycles. The van der Waals surface area contributed by atoms with Crippen molar-refractivity contribution in [1.82, 2.24) is 10.6 Å². The largest absolute Gasteiger partial charge is 0.374 e. The molecule has 0 aromatic carbocycles. The molecule has 0 aliphatic carbocycles. The first-order valence-electron chi connectivity index (χ1n) is 6.26. The second-order valence-electron chi connectivity index (χ2n) is 5.13. The van der Waals surface area contributed by atoms with Gasteiger partial charge < -0.3 is 15.4 Å². The summed E-state index contributed by atoms with van der Waals surface area (Å²) in [6.45, 7) is 8.05. The van der Waals surface area contributed by atoms with Crippen LogP contribution < -0.4 is 10.6 Å². The lowest BCUT2D eigenvalue weighted by molar-refractivity contribution is -0.127. The fourth-order valence-corrected chi connectivity index (χ4v) is 2.79. The molecule has 1 amide bonds. The normalized spacial score (nSPS) is 43.6. The first-order valence-corrected chi connectivity index (χ1v) is 6.26. The number of amides is 1. The Morgan fingerprint density at radius 3 is 2.56 bits per heavy atom. The van der Waals surface area contributed by atoms with Gasteiger partial charge in [-0.3, -0.25) is 4.79 Å². The van der Waals surface area contributed by atoms with E-state index in [1.165, 1.54) is 0 Å². The molecule has 2 saturated heterocycles. The van der Waals surface area contributed by atoms with Crippen molar-refractivity contribution in [2.24, 2.45) is 11.8 Å². The Labute approximate surface area is 97.1 Å². The maximum Gasteiger partial charge on any atom is 0.226 e. The zero-order chi connectivity index (χ0) is 11.7. The van der Waals surface area contributed by atoms with Crippen LogP contribution in [0.15, 0.2) is 0 Å². The standard InChI is InChI=1S/C12H22N2O2/c1-7-8(2)16-9(3)11(7)12(15)14-10-4-5-13-6-10/h7-11,13H,4-6H2,1-3H3,(H,14,15)/t7?,8?,9?,10-,11?/m0/s1. The van der Waals surface area contributed by atoms with Crippen molar-refractivity contribution >= 4 is 5.91 Å². The molecule has 4 heteroatoms. The van der Waals surface area contributed by atoms with E-state index in [-0.39, 0.29) is 24.0 Å². The molecule has 0 saturated carbocycles. The van der Waals surface area contributed by atoms with Crippen LogP contribution in [-0.4, -0.2) is 37.2 Å². The molecular formula is C12H22N2O2. The summed E-state index contributed by atoms with van der Waals surface area (Å²) in [6, 6.07) is 0.308. The lowest BCUT2D eigenvalue weighted by Gasteiger charge is -2.20. The van der Waals surface area contributed by atoms with Crippen LogP contribution >= 0.6 is 0 Å². The van der Waals surface area contributed by atoms with Gasteiger partial charge in [-0.05, 0) is 32.7 Å². The molecule has 4 nitrogen and oxygen atoms in total. The van der Waals surface area contributed by atoms with Crippen LogP contribution in [0.4, 0.5) is 0 Å². The van der Waals surface area contributed by atoms with E-state index in [9.17, 15) is 4.79 Å². The van der Waals surface area contributed by atoms with Gasteiger partial charge in [0.15, 0.2) is 0 Å². The van der Waals surface area contributed by atoms with Crippen molar-refractivity contribution in [3.8, 4) is 0 Å². The van der Waals surface area contributed by atoms with E-state index < -0.39 is 0 Å². The second kappa shape index (κ2) is 4.72. The average molecular weight is 226 g/mol. The van der Waals surface area contributed by atoms with E-state index in [1.54, 1.807) is 0 Å². The number of ether oxygens (including phenoxy) is 1. The second-order valence-corrected chi connectivity index (χ2v) is 5.13. The van der Waals surface area contributed by atoms with E-state index >= 15 is 0 Å². The lowest BCUT2D eigenvalue weighted by Crippen LogP contribution is -2.43. The third-order valence-electron chi connectivity index (χ3n) is 3.95. The summed E-state index contributed by atoms with van der Waals surface area (Å²) < 4.78 is 5.70. The molecular weight excluding hydrogens is 204 g/mol. The monoisotopic (exact) mass is 226 g/mol. The third-order valence-corrected chi connectivity index (χ3v) is 3.95. The van der Waals surface area contributed by atoms with E-state index in [0.29, 0.717) is 12.0 Å². The molecule has 0 aromatic rings. The van der Waals surface area contributed by atoms with Crippen molar-refractivity contribution in [2.75, 3.05) is 13.1 Å². The molecule has 2 fully saturated rings. The van der Waals surface area contributed by atoms with Crippen LogP contribution in [-0.2, 0) is 9.53 Å². The number of rotatable bonds is 2.